The van der Waals surface area contributed by atoms with Crippen LogP contribution in [0, 0.1) is 0 Å². The number of nitrogens with one attached hydrogen (secondary N) is 2. The standard InChI is InChI=1S/C16H18N2O3/c1-2-15(20)18-13-8-6-12(7-9-13)17-10-11-4-3-5-14(19)16(11)21/h3-9,17,19,21H,2,10H2,1H3,(H,18,20). The van der Waals surface area contributed by atoms with Gasteiger partial charge in [0.15, 0.2) is 11.5 Å². The predicted octanol–water partition coefficient (Wildman–Crippen LogP) is 3.06. The Morgan fingerprint density at radius 2 is 1.71 bits per heavy atom. The van der Waals surface area contributed by atoms with Crippen LogP contribution in [0.5, 0.6) is 11.5 Å². The van der Waals surface area contributed by atoms with E-state index in [9.17, 15) is 15.0 Å². The summed E-state index contributed by atoms with van der Waals surface area (Å²) in [5.41, 5.74) is 2.21. The Bertz CT molecular complexity index is 624. The van der Waals surface area contributed by atoms with Gasteiger partial charge >= 0.3 is 0 Å². The molecule has 21 heavy (non-hydrogen) atoms. The van der Waals surface area contributed by atoms with Crippen LogP contribution in [0.2, 0.25) is 0 Å². The maximum absolute atomic E-state index is 11.3. The lowest BCUT2D eigenvalue weighted by Gasteiger charge is -2.10. The van der Waals surface area contributed by atoms with Crippen molar-refractivity contribution in [1.29, 1.82) is 0 Å². The summed E-state index contributed by atoms with van der Waals surface area (Å²) < 4.78 is 0. The van der Waals surface area contributed by atoms with Gasteiger partial charge in [0, 0.05) is 29.9 Å². The highest BCUT2D eigenvalue weighted by molar-refractivity contribution is 5.90. The van der Waals surface area contributed by atoms with Crippen LogP contribution in [0.4, 0.5) is 11.4 Å². The third-order valence-corrected chi connectivity index (χ3v) is 3.07. The minimum Gasteiger partial charge on any atom is -0.504 e. The predicted molar refractivity (Wildman–Crippen MR) is 82.5 cm³/mol. The Morgan fingerprint density at radius 3 is 2.38 bits per heavy atom. The molecule has 0 atom stereocenters. The minimum absolute atomic E-state index is 0.0274. The van der Waals surface area contributed by atoms with E-state index in [1.54, 1.807) is 31.2 Å². The van der Waals surface area contributed by atoms with Crippen LogP contribution in [0.3, 0.4) is 0 Å². The van der Waals surface area contributed by atoms with Crippen LogP contribution in [0.25, 0.3) is 0 Å². The smallest absolute Gasteiger partial charge is 0.224 e. The van der Waals surface area contributed by atoms with Gasteiger partial charge in [-0.2, -0.15) is 0 Å². The van der Waals surface area contributed by atoms with E-state index in [-0.39, 0.29) is 17.4 Å². The highest BCUT2D eigenvalue weighted by Gasteiger charge is 2.05. The van der Waals surface area contributed by atoms with Crippen LogP contribution in [0.1, 0.15) is 18.9 Å². The van der Waals surface area contributed by atoms with E-state index >= 15 is 0 Å². The Hall–Kier alpha value is -2.69. The number of para-hydroxylation sites is 1. The molecule has 0 bridgehead atoms. The van der Waals surface area contributed by atoms with Crippen molar-refractivity contribution in [2.75, 3.05) is 10.6 Å². The number of carbonyl (C=O) groups excluding carboxylic acids is 1. The molecule has 2 aromatic carbocycles. The molecule has 1 amide bonds. The molecule has 0 fully saturated rings. The molecule has 0 saturated heterocycles. The van der Waals surface area contributed by atoms with Gasteiger partial charge in [0.05, 0.1) is 0 Å². The van der Waals surface area contributed by atoms with Gasteiger partial charge in [0.25, 0.3) is 0 Å². The second-order valence-electron chi connectivity index (χ2n) is 4.62. The van der Waals surface area contributed by atoms with Gasteiger partial charge in [-0.15, -0.1) is 0 Å². The SMILES string of the molecule is CCC(=O)Nc1ccc(NCc2cccc(O)c2O)cc1. The van der Waals surface area contributed by atoms with E-state index in [0.29, 0.717) is 18.5 Å². The van der Waals surface area contributed by atoms with Crippen LogP contribution in [-0.2, 0) is 11.3 Å². The lowest BCUT2D eigenvalue weighted by Crippen LogP contribution is -2.09. The van der Waals surface area contributed by atoms with Crippen molar-refractivity contribution in [3.05, 3.63) is 48.0 Å². The molecule has 0 unspecified atom stereocenters. The van der Waals surface area contributed by atoms with Crippen molar-refractivity contribution in [2.45, 2.75) is 19.9 Å². The van der Waals surface area contributed by atoms with Gasteiger partial charge in [-0.25, -0.2) is 0 Å². The zero-order chi connectivity index (χ0) is 15.2. The van der Waals surface area contributed by atoms with E-state index in [1.165, 1.54) is 6.07 Å². The molecular weight excluding hydrogens is 268 g/mol. The summed E-state index contributed by atoms with van der Waals surface area (Å²) in [6.45, 7) is 2.19. The van der Waals surface area contributed by atoms with Crippen molar-refractivity contribution < 1.29 is 15.0 Å². The van der Waals surface area contributed by atoms with E-state index in [4.69, 9.17) is 0 Å². The summed E-state index contributed by atoms with van der Waals surface area (Å²) in [6.07, 6.45) is 0.441. The number of aromatic hydroxyl groups is 2. The number of phenolic OH excluding ortho intramolecular Hbond substituents is 2. The fourth-order valence-electron chi connectivity index (χ4n) is 1.84. The number of phenols is 2. The first-order chi connectivity index (χ1) is 10.1. The van der Waals surface area contributed by atoms with E-state index in [2.05, 4.69) is 10.6 Å². The zero-order valence-electron chi connectivity index (χ0n) is 11.8. The van der Waals surface area contributed by atoms with Crippen molar-refractivity contribution in [3.8, 4) is 11.5 Å². The number of anilines is 2. The number of carbonyl (C=O) groups is 1. The zero-order valence-corrected chi connectivity index (χ0v) is 11.8. The molecule has 5 heteroatoms. The van der Waals surface area contributed by atoms with Crippen molar-refractivity contribution in [1.82, 2.24) is 0 Å². The molecule has 5 nitrogen and oxygen atoms in total. The monoisotopic (exact) mass is 286 g/mol. The summed E-state index contributed by atoms with van der Waals surface area (Å²) >= 11 is 0. The molecule has 110 valence electrons. The summed E-state index contributed by atoms with van der Waals surface area (Å²) in [6, 6.07) is 12.1. The maximum atomic E-state index is 11.3. The van der Waals surface area contributed by atoms with Gasteiger partial charge in [0.2, 0.25) is 5.91 Å². The molecule has 0 aliphatic carbocycles. The van der Waals surface area contributed by atoms with Gasteiger partial charge in [-0.1, -0.05) is 19.1 Å². The van der Waals surface area contributed by atoms with Crippen molar-refractivity contribution in [2.24, 2.45) is 0 Å². The summed E-state index contributed by atoms with van der Waals surface area (Å²) in [7, 11) is 0. The fraction of sp³-hybridized carbons (Fsp3) is 0.188. The topological polar surface area (TPSA) is 81.6 Å². The fourth-order valence-corrected chi connectivity index (χ4v) is 1.84. The van der Waals surface area contributed by atoms with Gasteiger partial charge in [-0.3, -0.25) is 4.79 Å². The normalized spacial score (nSPS) is 10.1. The summed E-state index contributed by atoms with van der Waals surface area (Å²) in [4.78, 5) is 11.3. The van der Waals surface area contributed by atoms with Gasteiger partial charge in [-0.05, 0) is 30.3 Å². The average Bonchev–Trinajstić information content (AvgIpc) is 2.50. The van der Waals surface area contributed by atoms with E-state index in [0.717, 1.165) is 11.4 Å². The van der Waals surface area contributed by atoms with Crippen molar-refractivity contribution >= 4 is 17.3 Å². The van der Waals surface area contributed by atoms with Crippen molar-refractivity contribution in [3.63, 3.8) is 0 Å². The third kappa shape index (κ3) is 3.89. The first kappa shape index (κ1) is 14.7. The number of benzene rings is 2. The third-order valence-electron chi connectivity index (χ3n) is 3.07. The van der Waals surface area contributed by atoms with Gasteiger partial charge < -0.3 is 20.8 Å². The number of amides is 1. The maximum Gasteiger partial charge on any atom is 0.224 e. The molecule has 0 aromatic heterocycles. The molecule has 0 aliphatic rings. The number of hydrogen-bond donors (Lipinski definition) is 4. The second-order valence-corrected chi connectivity index (χ2v) is 4.62. The van der Waals surface area contributed by atoms with E-state index < -0.39 is 0 Å². The minimum atomic E-state index is -0.132. The number of hydrogen-bond acceptors (Lipinski definition) is 4. The first-order valence-corrected chi connectivity index (χ1v) is 6.73. The lowest BCUT2D eigenvalue weighted by molar-refractivity contribution is -0.115. The second kappa shape index (κ2) is 6.65. The lowest BCUT2D eigenvalue weighted by atomic mass is 10.2. The highest BCUT2D eigenvalue weighted by Crippen LogP contribution is 2.28. The first-order valence-electron chi connectivity index (χ1n) is 6.73. The van der Waals surface area contributed by atoms with E-state index in [1.807, 2.05) is 12.1 Å². The Labute approximate surface area is 123 Å². The molecule has 2 aromatic rings. The molecule has 2 rings (SSSR count). The number of rotatable bonds is 5. The van der Waals surface area contributed by atoms with Crippen LogP contribution in [0.15, 0.2) is 42.5 Å². The molecule has 0 radical (unpaired) electrons. The Balaban J connectivity index is 1.97. The molecule has 0 spiro atoms. The Kier molecular flexibility index (Phi) is 4.66. The quantitative estimate of drug-likeness (QED) is 0.637. The van der Waals surface area contributed by atoms with Crippen LogP contribution >= 0.6 is 0 Å². The van der Waals surface area contributed by atoms with Gasteiger partial charge in [0.1, 0.15) is 0 Å². The molecule has 0 heterocycles. The molecule has 0 saturated carbocycles. The molecule has 0 aliphatic heterocycles. The Morgan fingerprint density at radius 1 is 1.05 bits per heavy atom. The summed E-state index contributed by atoms with van der Waals surface area (Å²) in [5, 5.41) is 25.0. The summed E-state index contributed by atoms with van der Waals surface area (Å²) in [5.74, 6) is -0.274. The average molecular weight is 286 g/mol. The molecular formula is C16H18N2O3. The highest BCUT2D eigenvalue weighted by atomic mass is 16.3. The molecule has 4 N–H and O–H groups in total. The largest absolute Gasteiger partial charge is 0.504 e. The van der Waals surface area contributed by atoms with Crippen LogP contribution < -0.4 is 10.6 Å². The van der Waals surface area contributed by atoms with Crippen LogP contribution in [-0.4, -0.2) is 16.1 Å².